The second-order valence-corrected chi connectivity index (χ2v) is 4.85. The Morgan fingerprint density at radius 2 is 1.91 bits per heavy atom. The molecule has 0 spiro atoms. The smallest absolute Gasteiger partial charge is 0.326 e. The number of nitrogens with zero attached hydrogens (tertiary/aromatic N) is 1. The van der Waals surface area contributed by atoms with Crippen LogP contribution in [0.1, 0.15) is 12.1 Å². The van der Waals surface area contributed by atoms with E-state index in [1.54, 1.807) is 24.3 Å². The van der Waals surface area contributed by atoms with Gasteiger partial charge in [-0.25, -0.2) is 9.89 Å². The normalized spacial score (nSPS) is 11.8. The molecule has 0 aliphatic heterocycles. The molecular formula is C14H14N4O5. The third-order valence-electron chi connectivity index (χ3n) is 3.14. The molecule has 9 nitrogen and oxygen atoms in total. The van der Waals surface area contributed by atoms with Crippen LogP contribution in [0.2, 0.25) is 0 Å². The van der Waals surface area contributed by atoms with Crippen molar-refractivity contribution in [1.82, 2.24) is 15.5 Å². The van der Waals surface area contributed by atoms with Crippen LogP contribution in [0, 0.1) is 0 Å². The van der Waals surface area contributed by atoms with Crippen LogP contribution in [0.25, 0.3) is 10.8 Å². The number of nitrogens with one attached hydrogen (secondary N) is 2. The van der Waals surface area contributed by atoms with Gasteiger partial charge in [-0.2, -0.15) is 5.10 Å². The number of benzene rings is 1. The second-order valence-electron chi connectivity index (χ2n) is 4.85. The Bertz CT molecular complexity index is 829. The van der Waals surface area contributed by atoms with Gasteiger partial charge in [-0.15, -0.1) is 0 Å². The fourth-order valence-corrected chi connectivity index (χ4v) is 2.10. The van der Waals surface area contributed by atoms with E-state index < -0.39 is 30.2 Å². The van der Waals surface area contributed by atoms with E-state index in [0.717, 1.165) is 0 Å². The van der Waals surface area contributed by atoms with E-state index in [4.69, 9.17) is 10.8 Å². The van der Waals surface area contributed by atoms with Gasteiger partial charge in [0, 0.05) is 5.39 Å². The van der Waals surface area contributed by atoms with Crippen LogP contribution < -0.4 is 16.6 Å². The van der Waals surface area contributed by atoms with Gasteiger partial charge >= 0.3 is 5.97 Å². The summed E-state index contributed by atoms with van der Waals surface area (Å²) >= 11 is 0. The van der Waals surface area contributed by atoms with E-state index in [1.807, 2.05) is 0 Å². The number of aromatic nitrogens is 2. The van der Waals surface area contributed by atoms with E-state index in [2.05, 4.69) is 15.5 Å². The zero-order valence-electron chi connectivity index (χ0n) is 11.9. The van der Waals surface area contributed by atoms with Gasteiger partial charge in [0.1, 0.15) is 6.04 Å². The Kier molecular flexibility index (Phi) is 4.69. The number of carbonyl (C=O) groups excluding carboxylic acids is 2. The minimum atomic E-state index is -1.41. The Morgan fingerprint density at radius 1 is 1.26 bits per heavy atom. The molecular weight excluding hydrogens is 304 g/mol. The summed E-state index contributed by atoms with van der Waals surface area (Å²) in [5.41, 5.74) is 4.85. The molecule has 1 heterocycles. The molecule has 2 aromatic rings. The zero-order valence-corrected chi connectivity index (χ0v) is 11.9. The second kappa shape index (κ2) is 6.69. The third-order valence-corrected chi connectivity index (χ3v) is 3.14. The number of carboxylic acid groups (broad SMARTS) is 1. The number of amides is 2. The maximum atomic E-state index is 12.0. The van der Waals surface area contributed by atoms with Gasteiger partial charge in [-0.05, 0) is 6.07 Å². The van der Waals surface area contributed by atoms with Gasteiger partial charge in [0.15, 0.2) is 0 Å². The van der Waals surface area contributed by atoms with Gasteiger partial charge in [0.05, 0.1) is 23.9 Å². The molecule has 2 amide bonds. The molecule has 0 fully saturated rings. The van der Waals surface area contributed by atoms with Gasteiger partial charge in [0.25, 0.3) is 5.56 Å². The molecule has 1 atom stereocenters. The fraction of sp³-hybridized carbons (Fsp3) is 0.214. The van der Waals surface area contributed by atoms with Crippen molar-refractivity contribution >= 4 is 28.6 Å². The lowest BCUT2D eigenvalue weighted by atomic mass is 10.1. The van der Waals surface area contributed by atoms with Crippen molar-refractivity contribution in [2.24, 2.45) is 5.73 Å². The topological polar surface area (TPSA) is 155 Å². The Morgan fingerprint density at radius 3 is 2.52 bits per heavy atom. The summed E-state index contributed by atoms with van der Waals surface area (Å²) in [4.78, 5) is 45.5. The van der Waals surface area contributed by atoms with E-state index in [0.29, 0.717) is 16.5 Å². The van der Waals surface area contributed by atoms with Crippen molar-refractivity contribution in [1.29, 1.82) is 0 Å². The first kappa shape index (κ1) is 16.1. The summed E-state index contributed by atoms with van der Waals surface area (Å²) in [6.45, 7) is 0. The Labute approximate surface area is 129 Å². The molecule has 2 rings (SSSR count). The van der Waals surface area contributed by atoms with Crippen LogP contribution in [-0.4, -0.2) is 39.1 Å². The number of H-pyrrole nitrogens is 1. The van der Waals surface area contributed by atoms with Gasteiger partial charge in [-0.3, -0.25) is 14.4 Å². The summed E-state index contributed by atoms with van der Waals surface area (Å²) in [6, 6.07) is 5.18. The molecule has 0 aliphatic rings. The van der Waals surface area contributed by atoms with Crippen molar-refractivity contribution in [3.05, 3.63) is 40.3 Å². The number of hydrogen-bond acceptors (Lipinski definition) is 5. The SMILES string of the molecule is NC(=O)C[C@@H](NC(=O)Cc1n[nH]c(=O)c2ccccc12)C(=O)O. The lowest BCUT2D eigenvalue weighted by Crippen LogP contribution is -2.44. The number of carbonyl (C=O) groups is 3. The first-order valence-corrected chi connectivity index (χ1v) is 6.65. The molecule has 23 heavy (non-hydrogen) atoms. The van der Waals surface area contributed by atoms with E-state index in [1.165, 1.54) is 0 Å². The van der Waals surface area contributed by atoms with Crippen LogP contribution in [0.15, 0.2) is 29.1 Å². The van der Waals surface area contributed by atoms with Crippen LogP contribution in [-0.2, 0) is 20.8 Å². The van der Waals surface area contributed by atoms with E-state index >= 15 is 0 Å². The highest BCUT2D eigenvalue weighted by Gasteiger charge is 2.22. The van der Waals surface area contributed by atoms with Gasteiger partial charge in [0.2, 0.25) is 11.8 Å². The molecule has 5 N–H and O–H groups in total. The largest absolute Gasteiger partial charge is 0.480 e. The fourth-order valence-electron chi connectivity index (χ4n) is 2.10. The minimum Gasteiger partial charge on any atom is -0.480 e. The molecule has 0 bridgehead atoms. The quantitative estimate of drug-likeness (QED) is 0.530. The van der Waals surface area contributed by atoms with E-state index in [9.17, 15) is 19.2 Å². The number of nitrogens with two attached hydrogens (primary N) is 1. The number of fused-ring (bicyclic) bond motifs is 1. The van der Waals surface area contributed by atoms with E-state index in [-0.39, 0.29) is 12.0 Å². The van der Waals surface area contributed by atoms with Crippen molar-refractivity contribution in [3.63, 3.8) is 0 Å². The minimum absolute atomic E-state index is 0.250. The van der Waals surface area contributed by atoms with Crippen molar-refractivity contribution < 1.29 is 19.5 Å². The van der Waals surface area contributed by atoms with Crippen molar-refractivity contribution in [2.75, 3.05) is 0 Å². The van der Waals surface area contributed by atoms with Gasteiger partial charge < -0.3 is 16.2 Å². The standard InChI is InChI=1S/C14H14N4O5/c15-11(19)5-10(14(22)23)16-12(20)6-9-7-3-1-2-4-8(7)13(21)18-17-9/h1-4,10H,5-6H2,(H2,15,19)(H,16,20)(H,18,21)(H,22,23)/t10-/m1/s1. The number of hydrogen-bond donors (Lipinski definition) is 4. The molecule has 0 unspecified atom stereocenters. The summed E-state index contributed by atoms with van der Waals surface area (Å²) in [7, 11) is 0. The molecule has 0 radical (unpaired) electrons. The summed E-state index contributed by atoms with van der Waals surface area (Å²) in [5.74, 6) is -2.86. The molecule has 0 aliphatic carbocycles. The summed E-state index contributed by atoms with van der Waals surface area (Å²) in [5, 5.41) is 18.1. The van der Waals surface area contributed by atoms with Crippen LogP contribution >= 0.6 is 0 Å². The molecule has 120 valence electrons. The van der Waals surface area contributed by atoms with Gasteiger partial charge in [-0.1, -0.05) is 18.2 Å². The third kappa shape index (κ3) is 3.90. The molecule has 0 saturated carbocycles. The predicted octanol–water partition coefficient (Wildman–Crippen LogP) is -1.09. The number of primary amides is 1. The predicted molar refractivity (Wildman–Crippen MR) is 79.4 cm³/mol. The Hall–Kier alpha value is -3.23. The maximum Gasteiger partial charge on any atom is 0.326 e. The number of aliphatic carboxylic acids is 1. The molecule has 9 heteroatoms. The lowest BCUT2D eigenvalue weighted by Gasteiger charge is -2.13. The van der Waals surface area contributed by atoms with Crippen LogP contribution in [0.4, 0.5) is 0 Å². The average molecular weight is 318 g/mol. The number of rotatable bonds is 6. The van der Waals surface area contributed by atoms with Crippen molar-refractivity contribution in [3.8, 4) is 0 Å². The van der Waals surface area contributed by atoms with Crippen LogP contribution in [0.3, 0.4) is 0 Å². The highest BCUT2D eigenvalue weighted by Crippen LogP contribution is 2.12. The summed E-state index contributed by atoms with van der Waals surface area (Å²) < 4.78 is 0. The van der Waals surface area contributed by atoms with Crippen molar-refractivity contribution in [2.45, 2.75) is 18.9 Å². The van der Waals surface area contributed by atoms with Crippen LogP contribution in [0.5, 0.6) is 0 Å². The summed E-state index contributed by atoms with van der Waals surface area (Å²) in [6.07, 6.45) is -0.763. The zero-order chi connectivity index (χ0) is 17.0. The first-order chi connectivity index (χ1) is 10.9. The first-order valence-electron chi connectivity index (χ1n) is 6.65. The maximum absolute atomic E-state index is 12.0. The highest BCUT2D eigenvalue weighted by molar-refractivity contribution is 5.91. The lowest BCUT2D eigenvalue weighted by molar-refractivity contribution is -0.143. The Balaban J connectivity index is 2.20. The average Bonchev–Trinajstić information content (AvgIpc) is 2.49. The molecule has 1 aromatic heterocycles. The number of aromatic amines is 1. The number of carboxylic acids is 1. The highest BCUT2D eigenvalue weighted by atomic mass is 16.4. The monoisotopic (exact) mass is 318 g/mol. The molecule has 0 saturated heterocycles. The molecule has 1 aromatic carbocycles.